The van der Waals surface area contributed by atoms with Crippen LogP contribution in [0.3, 0.4) is 0 Å². The highest BCUT2D eigenvalue weighted by Crippen LogP contribution is 2.33. The third-order valence-corrected chi connectivity index (χ3v) is 6.13. The first kappa shape index (κ1) is 18.4. The number of H-pyrrole nitrogens is 1. The summed E-state index contributed by atoms with van der Waals surface area (Å²) in [4.78, 5) is 7.45. The van der Waals surface area contributed by atoms with Crippen LogP contribution in [0.1, 0.15) is 43.7 Å². The molecule has 0 atom stereocenters. The van der Waals surface area contributed by atoms with E-state index >= 15 is 0 Å². The first-order chi connectivity index (χ1) is 12.3. The van der Waals surface area contributed by atoms with Gasteiger partial charge in [-0.3, -0.25) is 4.72 Å². The Hall–Kier alpha value is -2.35. The maximum atomic E-state index is 12.1. The highest BCUT2D eigenvalue weighted by Gasteiger charge is 2.36. The monoisotopic (exact) mass is 376 g/mol. The molecule has 1 saturated carbocycles. The number of benzene rings is 1. The Labute approximate surface area is 153 Å². The molecule has 0 spiro atoms. The number of fused-ring (bicyclic) bond motifs is 1. The summed E-state index contributed by atoms with van der Waals surface area (Å²) in [5.74, 6) is 1.01. The van der Waals surface area contributed by atoms with Crippen molar-refractivity contribution in [3.63, 3.8) is 0 Å². The number of aryl methyl sites for hydroxylation is 3. The van der Waals surface area contributed by atoms with Gasteiger partial charge in [-0.2, -0.15) is 0 Å². The summed E-state index contributed by atoms with van der Waals surface area (Å²) in [6.07, 6.45) is 1.43. The number of aromatic nitrogens is 3. The van der Waals surface area contributed by atoms with Gasteiger partial charge in [-0.25, -0.2) is 13.4 Å². The van der Waals surface area contributed by atoms with Crippen LogP contribution >= 0.6 is 0 Å². The first-order valence-corrected chi connectivity index (χ1v) is 10.3. The van der Waals surface area contributed by atoms with Crippen molar-refractivity contribution in [2.24, 2.45) is 0 Å². The molecule has 3 aromatic rings. The van der Waals surface area contributed by atoms with Gasteiger partial charge in [-0.05, 0) is 56.9 Å². The molecule has 2 heterocycles. The second-order valence-corrected chi connectivity index (χ2v) is 8.28. The van der Waals surface area contributed by atoms with E-state index in [2.05, 4.69) is 19.8 Å². The first-order valence-electron chi connectivity index (χ1n) is 8.80. The minimum absolute atomic E-state index is 0.260. The fraction of sp³-hybridized carbons (Fsp3) is 0.444. The normalized spacial score (nSPS) is 14.2. The second-order valence-electron chi connectivity index (χ2n) is 6.32. The number of imidazole rings is 1. The zero-order valence-electron chi connectivity index (χ0n) is 15.7. The average molecular weight is 376 g/mol. The second kappa shape index (κ2) is 6.75. The van der Waals surface area contributed by atoms with Gasteiger partial charge in [0.1, 0.15) is 5.76 Å². The molecule has 8 heteroatoms. The van der Waals surface area contributed by atoms with Gasteiger partial charge in [-0.15, -0.1) is 0 Å². The van der Waals surface area contributed by atoms with Crippen LogP contribution in [-0.2, 0) is 10.0 Å². The number of anilines is 1. The Morgan fingerprint density at radius 1 is 1.19 bits per heavy atom. The van der Waals surface area contributed by atoms with Crippen molar-refractivity contribution in [2.45, 2.75) is 52.7 Å². The largest absolute Gasteiger partial charge is 0.361 e. The number of nitrogens with zero attached hydrogens (tertiary/aromatic N) is 2. The zero-order valence-corrected chi connectivity index (χ0v) is 16.5. The van der Waals surface area contributed by atoms with Crippen molar-refractivity contribution < 1.29 is 12.9 Å². The Bertz CT molecular complexity index is 1030. The summed E-state index contributed by atoms with van der Waals surface area (Å²) in [6, 6.07) is 3.95. The predicted octanol–water partition coefficient (Wildman–Crippen LogP) is 4.07. The molecule has 0 aliphatic heterocycles. The van der Waals surface area contributed by atoms with E-state index in [-0.39, 0.29) is 11.2 Å². The highest BCUT2D eigenvalue weighted by atomic mass is 32.2. The fourth-order valence-electron chi connectivity index (χ4n) is 2.97. The fourth-order valence-corrected chi connectivity index (χ4v) is 4.26. The summed E-state index contributed by atoms with van der Waals surface area (Å²) >= 11 is 0. The van der Waals surface area contributed by atoms with Crippen LogP contribution in [0.2, 0.25) is 0 Å². The molecule has 0 saturated heterocycles. The van der Waals surface area contributed by atoms with Crippen LogP contribution in [0.4, 0.5) is 5.95 Å². The van der Waals surface area contributed by atoms with Gasteiger partial charge in [-0.1, -0.05) is 19.0 Å². The Morgan fingerprint density at radius 3 is 2.46 bits per heavy atom. The number of nitrogens with one attached hydrogen (secondary N) is 2. The molecule has 1 fully saturated rings. The van der Waals surface area contributed by atoms with Crippen molar-refractivity contribution in [3.05, 3.63) is 29.2 Å². The Balaban J connectivity index is 0.000000948. The van der Waals surface area contributed by atoms with Crippen LogP contribution in [0, 0.1) is 20.8 Å². The van der Waals surface area contributed by atoms with Crippen LogP contribution in [0.15, 0.2) is 16.7 Å². The lowest BCUT2D eigenvalue weighted by Gasteiger charge is -2.03. The van der Waals surface area contributed by atoms with Crippen LogP contribution in [-0.4, -0.2) is 28.8 Å². The quantitative estimate of drug-likeness (QED) is 0.715. The summed E-state index contributed by atoms with van der Waals surface area (Å²) in [5, 5.41) is 3.70. The number of sulfonamides is 1. The van der Waals surface area contributed by atoms with E-state index in [0.717, 1.165) is 39.2 Å². The molecule has 26 heavy (non-hydrogen) atoms. The molecule has 0 radical (unpaired) electrons. The molecule has 1 aliphatic rings. The SMILES string of the molecule is CC.Cc1noc(C)c1-c1cc(C)c2nc(NS(=O)(=O)C3CC3)[nH]c2c1. The third-order valence-electron chi connectivity index (χ3n) is 4.30. The van der Waals surface area contributed by atoms with Crippen molar-refractivity contribution in [1.82, 2.24) is 15.1 Å². The Morgan fingerprint density at radius 2 is 1.88 bits per heavy atom. The lowest BCUT2D eigenvalue weighted by atomic mass is 10.0. The molecule has 1 aromatic carbocycles. The van der Waals surface area contributed by atoms with Gasteiger partial charge in [0, 0.05) is 5.56 Å². The molecule has 2 aromatic heterocycles. The smallest absolute Gasteiger partial charge is 0.237 e. The minimum atomic E-state index is -3.34. The summed E-state index contributed by atoms with van der Waals surface area (Å²) in [5.41, 5.74) is 5.22. The molecule has 2 N–H and O–H groups in total. The minimum Gasteiger partial charge on any atom is -0.361 e. The molecule has 0 amide bonds. The van der Waals surface area contributed by atoms with Crippen molar-refractivity contribution in [1.29, 1.82) is 0 Å². The molecular formula is C18H24N4O3S. The van der Waals surface area contributed by atoms with Gasteiger partial charge in [0.05, 0.1) is 22.0 Å². The van der Waals surface area contributed by atoms with Crippen LogP contribution < -0.4 is 4.72 Å². The molecular weight excluding hydrogens is 352 g/mol. The van der Waals surface area contributed by atoms with Gasteiger partial charge in [0.15, 0.2) is 0 Å². The van der Waals surface area contributed by atoms with E-state index in [1.54, 1.807) is 0 Å². The summed E-state index contributed by atoms with van der Waals surface area (Å²) in [6.45, 7) is 9.72. The van der Waals surface area contributed by atoms with E-state index in [1.807, 2.05) is 46.8 Å². The maximum Gasteiger partial charge on any atom is 0.237 e. The maximum absolute atomic E-state index is 12.1. The number of rotatable bonds is 4. The van der Waals surface area contributed by atoms with Gasteiger partial charge in [0.2, 0.25) is 16.0 Å². The molecule has 0 bridgehead atoms. The van der Waals surface area contributed by atoms with Crippen LogP contribution in [0.5, 0.6) is 0 Å². The third kappa shape index (κ3) is 3.33. The molecule has 140 valence electrons. The Kier molecular flexibility index (Phi) is 4.79. The molecule has 7 nitrogen and oxygen atoms in total. The van der Waals surface area contributed by atoms with Crippen molar-refractivity contribution in [3.8, 4) is 11.1 Å². The topological polar surface area (TPSA) is 101 Å². The van der Waals surface area contributed by atoms with Crippen molar-refractivity contribution >= 4 is 27.0 Å². The number of aromatic amines is 1. The van der Waals surface area contributed by atoms with Gasteiger partial charge >= 0.3 is 0 Å². The van der Waals surface area contributed by atoms with E-state index in [9.17, 15) is 8.42 Å². The van der Waals surface area contributed by atoms with E-state index < -0.39 is 10.0 Å². The van der Waals surface area contributed by atoms with Gasteiger partial charge < -0.3 is 9.51 Å². The standard InChI is InChI=1S/C16H18N4O3S.C2H6/c1-8-6-11(14-9(2)19-23-10(14)3)7-13-15(8)18-16(17-13)20-24(21,22)12-4-5-12;1-2/h6-7,12H,4-5H2,1-3H3,(H2,17,18,20);1-2H3. The van der Waals surface area contributed by atoms with Gasteiger partial charge in [0.25, 0.3) is 0 Å². The lowest BCUT2D eigenvalue weighted by Crippen LogP contribution is -2.18. The molecule has 1 aliphatic carbocycles. The molecule has 4 rings (SSSR count). The predicted molar refractivity (Wildman–Crippen MR) is 103 cm³/mol. The van der Waals surface area contributed by atoms with Crippen molar-refractivity contribution in [2.75, 3.05) is 4.72 Å². The van der Waals surface area contributed by atoms with E-state index in [1.165, 1.54) is 0 Å². The zero-order chi connectivity index (χ0) is 19.1. The van der Waals surface area contributed by atoms with Crippen LogP contribution in [0.25, 0.3) is 22.2 Å². The highest BCUT2D eigenvalue weighted by molar-refractivity contribution is 7.93. The number of hydrogen-bond acceptors (Lipinski definition) is 5. The van der Waals surface area contributed by atoms with E-state index in [4.69, 9.17) is 4.52 Å². The summed E-state index contributed by atoms with van der Waals surface area (Å²) < 4.78 is 31.9. The van der Waals surface area contributed by atoms with E-state index in [0.29, 0.717) is 12.8 Å². The lowest BCUT2D eigenvalue weighted by molar-refractivity contribution is 0.393. The molecule has 0 unspecified atom stereocenters. The summed E-state index contributed by atoms with van der Waals surface area (Å²) in [7, 11) is -3.34. The number of hydrogen-bond donors (Lipinski definition) is 2. The average Bonchev–Trinajstić information content (AvgIpc) is 3.30.